The fourth-order valence-electron chi connectivity index (χ4n) is 2.61. The van der Waals surface area contributed by atoms with Crippen LogP contribution in [0.3, 0.4) is 0 Å². The van der Waals surface area contributed by atoms with E-state index in [0.717, 1.165) is 12.8 Å². The Morgan fingerprint density at radius 3 is 1.31 bits per heavy atom. The zero-order chi connectivity index (χ0) is 19.1. The number of phenols is 4. The topological polar surface area (TPSA) is 115 Å². The lowest BCUT2D eigenvalue weighted by Gasteiger charge is -2.05. The molecule has 2 aromatic carbocycles. The molecule has 2 aromatic rings. The minimum atomic E-state index is -0.311. The third kappa shape index (κ3) is 5.24. The lowest BCUT2D eigenvalue weighted by molar-refractivity contribution is 0.0966. The minimum absolute atomic E-state index is 0.101. The molecule has 4 N–H and O–H groups in total. The molecule has 26 heavy (non-hydrogen) atoms. The summed E-state index contributed by atoms with van der Waals surface area (Å²) in [5.74, 6) is -1.34. The van der Waals surface area contributed by atoms with Gasteiger partial charge in [-0.1, -0.05) is 12.8 Å². The summed E-state index contributed by atoms with van der Waals surface area (Å²) in [5.41, 5.74) is 0.727. The van der Waals surface area contributed by atoms with Crippen molar-refractivity contribution >= 4 is 11.6 Å². The number of hydrogen-bond donors (Lipinski definition) is 4. The van der Waals surface area contributed by atoms with Crippen LogP contribution in [0.5, 0.6) is 23.0 Å². The van der Waals surface area contributed by atoms with Crippen molar-refractivity contribution in [2.45, 2.75) is 38.5 Å². The first kappa shape index (κ1) is 19.3. The number of rotatable bonds is 9. The molecule has 0 saturated heterocycles. The van der Waals surface area contributed by atoms with Crippen LogP contribution in [0.15, 0.2) is 36.4 Å². The SMILES string of the molecule is O=C(CCCCCCC(=O)c1ccc(O)c(O)c1)c1ccc(O)c(O)c1. The van der Waals surface area contributed by atoms with Crippen molar-refractivity contribution in [3.63, 3.8) is 0 Å². The largest absolute Gasteiger partial charge is 0.504 e. The van der Waals surface area contributed by atoms with Gasteiger partial charge in [-0.15, -0.1) is 0 Å². The predicted molar refractivity (Wildman–Crippen MR) is 95.9 cm³/mol. The van der Waals surface area contributed by atoms with Gasteiger partial charge in [-0.05, 0) is 49.2 Å². The fraction of sp³-hybridized carbons (Fsp3) is 0.300. The van der Waals surface area contributed by atoms with Gasteiger partial charge in [-0.25, -0.2) is 0 Å². The Kier molecular flexibility index (Phi) is 6.60. The van der Waals surface area contributed by atoms with Crippen molar-refractivity contribution in [3.8, 4) is 23.0 Å². The maximum atomic E-state index is 12.0. The molecule has 6 nitrogen and oxygen atoms in total. The molecule has 0 bridgehead atoms. The van der Waals surface area contributed by atoms with E-state index < -0.39 is 0 Å². The van der Waals surface area contributed by atoms with E-state index in [1.54, 1.807) is 0 Å². The lowest BCUT2D eigenvalue weighted by atomic mass is 10.0. The Balaban J connectivity index is 1.67. The highest BCUT2D eigenvalue weighted by atomic mass is 16.3. The number of benzene rings is 2. The molecule has 0 heterocycles. The Bertz CT molecular complexity index is 729. The van der Waals surface area contributed by atoms with Crippen molar-refractivity contribution in [1.29, 1.82) is 0 Å². The molecule has 0 spiro atoms. The van der Waals surface area contributed by atoms with Crippen LogP contribution in [-0.4, -0.2) is 32.0 Å². The first-order valence-corrected chi connectivity index (χ1v) is 8.49. The normalized spacial score (nSPS) is 10.6. The van der Waals surface area contributed by atoms with Crippen LogP contribution in [0, 0.1) is 0 Å². The summed E-state index contributed by atoms with van der Waals surface area (Å²) in [6.07, 6.45) is 3.62. The van der Waals surface area contributed by atoms with E-state index in [4.69, 9.17) is 0 Å². The summed E-state index contributed by atoms with van der Waals surface area (Å²) >= 11 is 0. The number of carbonyl (C=O) groups excluding carboxylic acids is 2. The number of aromatic hydroxyl groups is 4. The van der Waals surface area contributed by atoms with E-state index >= 15 is 0 Å². The first-order valence-electron chi connectivity index (χ1n) is 8.49. The van der Waals surface area contributed by atoms with E-state index in [9.17, 15) is 30.0 Å². The van der Waals surface area contributed by atoms with E-state index in [1.807, 2.05) is 0 Å². The van der Waals surface area contributed by atoms with E-state index in [2.05, 4.69) is 0 Å². The van der Waals surface area contributed by atoms with Gasteiger partial charge in [0.1, 0.15) is 0 Å². The third-order valence-corrected chi connectivity index (χ3v) is 4.15. The number of Topliss-reactive ketones (excluding diaryl/α,β-unsaturated/α-hetero) is 2. The summed E-state index contributed by atoms with van der Waals surface area (Å²) in [4.78, 5) is 24.0. The van der Waals surface area contributed by atoms with Crippen LogP contribution < -0.4 is 0 Å². The molecule has 0 saturated carbocycles. The molecule has 0 unspecified atom stereocenters. The summed E-state index contributed by atoms with van der Waals surface area (Å²) < 4.78 is 0. The van der Waals surface area contributed by atoms with Crippen molar-refractivity contribution < 1.29 is 30.0 Å². The van der Waals surface area contributed by atoms with Crippen LogP contribution in [0.2, 0.25) is 0 Å². The molecule has 138 valence electrons. The minimum Gasteiger partial charge on any atom is -0.504 e. The zero-order valence-corrected chi connectivity index (χ0v) is 14.3. The molecule has 0 aliphatic heterocycles. The Labute approximate surface area is 151 Å². The van der Waals surface area contributed by atoms with Crippen LogP contribution >= 0.6 is 0 Å². The highest BCUT2D eigenvalue weighted by Gasteiger charge is 2.10. The standard InChI is InChI=1S/C20H22O6/c21-15(13-7-9-17(23)19(25)11-13)5-3-1-2-4-6-16(22)14-8-10-18(24)20(26)12-14/h7-12,23-26H,1-6H2. The van der Waals surface area contributed by atoms with E-state index in [-0.39, 0.29) is 34.6 Å². The van der Waals surface area contributed by atoms with E-state index in [0.29, 0.717) is 36.8 Å². The second kappa shape index (κ2) is 8.89. The lowest BCUT2D eigenvalue weighted by Crippen LogP contribution is -2.00. The second-order valence-electron chi connectivity index (χ2n) is 6.17. The Morgan fingerprint density at radius 2 is 0.962 bits per heavy atom. The molecule has 0 aromatic heterocycles. The highest BCUT2D eigenvalue weighted by molar-refractivity contribution is 5.97. The van der Waals surface area contributed by atoms with Crippen molar-refractivity contribution in [3.05, 3.63) is 47.5 Å². The van der Waals surface area contributed by atoms with Gasteiger partial charge in [-0.3, -0.25) is 9.59 Å². The highest BCUT2D eigenvalue weighted by Crippen LogP contribution is 2.27. The second-order valence-corrected chi connectivity index (χ2v) is 6.17. The zero-order valence-electron chi connectivity index (χ0n) is 14.3. The van der Waals surface area contributed by atoms with Crippen molar-refractivity contribution in [2.75, 3.05) is 0 Å². The van der Waals surface area contributed by atoms with Crippen LogP contribution in [0.4, 0.5) is 0 Å². The maximum absolute atomic E-state index is 12.0. The predicted octanol–water partition coefficient (Wildman–Crippen LogP) is 3.92. The van der Waals surface area contributed by atoms with Crippen LogP contribution in [0.25, 0.3) is 0 Å². The number of ketones is 2. The molecular formula is C20H22O6. The maximum Gasteiger partial charge on any atom is 0.163 e. The fourth-order valence-corrected chi connectivity index (χ4v) is 2.61. The van der Waals surface area contributed by atoms with Crippen LogP contribution in [0.1, 0.15) is 59.2 Å². The molecule has 0 amide bonds. The molecule has 0 radical (unpaired) electrons. The van der Waals surface area contributed by atoms with Gasteiger partial charge in [0.2, 0.25) is 0 Å². The summed E-state index contributed by atoms with van der Waals surface area (Å²) in [6, 6.07) is 8.03. The summed E-state index contributed by atoms with van der Waals surface area (Å²) in [7, 11) is 0. The van der Waals surface area contributed by atoms with Gasteiger partial charge in [0.15, 0.2) is 34.6 Å². The van der Waals surface area contributed by atoms with Gasteiger partial charge in [-0.2, -0.15) is 0 Å². The summed E-state index contributed by atoms with van der Waals surface area (Å²) in [5, 5.41) is 37.3. The Morgan fingerprint density at radius 1 is 0.577 bits per heavy atom. The third-order valence-electron chi connectivity index (χ3n) is 4.15. The molecule has 0 aliphatic rings. The molecule has 0 aliphatic carbocycles. The molecule has 0 fully saturated rings. The van der Waals surface area contributed by atoms with Crippen LogP contribution in [-0.2, 0) is 0 Å². The average molecular weight is 358 g/mol. The number of phenolic OH excluding ortho intramolecular Hbond substituents is 4. The molecule has 2 rings (SSSR count). The van der Waals surface area contributed by atoms with Crippen molar-refractivity contribution in [2.24, 2.45) is 0 Å². The number of hydrogen-bond acceptors (Lipinski definition) is 6. The van der Waals surface area contributed by atoms with Gasteiger partial charge in [0.25, 0.3) is 0 Å². The smallest absolute Gasteiger partial charge is 0.163 e. The molecular weight excluding hydrogens is 336 g/mol. The van der Waals surface area contributed by atoms with Gasteiger partial charge < -0.3 is 20.4 Å². The van der Waals surface area contributed by atoms with Gasteiger partial charge in [0.05, 0.1) is 0 Å². The number of unbranched alkanes of at least 4 members (excludes halogenated alkanes) is 3. The van der Waals surface area contributed by atoms with Crippen molar-refractivity contribution in [1.82, 2.24) is 0 Å². The number of carbonyl (C=O) groups is 2. The van der Waals surface area contributed by atoms with Gasteiger partial charge in [0, 0.05) is 24.0 Å². The monoisotopic (exact) mass is 358 g/mol. The Hall–Kier alpha value is -3.02. The van der Waals surface area contributed by atoms with E-state index in [1.165, 1.54) is 36.4 Å². The van der Waals surface area contributed by atoms with Gasteiger partial charge >= 0.3 is 0 Å². The summed E-state index contributed by atoms with van der Waals surface area (Å²) in [6.45, 7) is 0. The quantitative estimate of drug-likeness (QED) is 0.307. The first-order chi connectivity index (χ1) is 12.4. The average Bonchev–Trinajstić information content (AvgIpc) is 2.62. The molecule has 0 atom stereocenters. The molecule has 6 heteroatoms.